The summed E-state index contributed by atoms with van der Waals surface area (Å²) in [6.45, 7) is 9.68. The SMILES string of the molecule is C/C=C/C(=O)NCCCC[C@H](NC(=O)CNC(=O)CNC(C)C)C(=O)C(C)C. The highest BCUT2D eigenvalue weighted by Gasteiger charge is 2.22. The molecule has 0 aromatic heterocycles. The number of unbranched alkanes of at least 4 members (excludes halogenated alkanes) is 1. The van der Waals surface area contributed by atoms with Crippen molar-refractivity contribution in [2.75, 3.05) is 19.6 Å². The molecule has 0 aliphatic carbocycles. The van der Waals surface area contributed by atoms with Gasteiger partial charge in [-0.2, -0.15) is 0 Å². The van der Waals surface area contributed by atoms with Crippen molar-refractivity contribution in [2.45, 2.75) is 66.0 Å². The number of ketones is 1. The number of carbonyl (C=O) groups is 4. The van der Waals surface area contributed by atoms with Gasteiger partial charge in [-0.3, -0.25) is 19.2 Å². The molecule has 0 rings (SSSR count). The van der Waals surface area contributed by atoms with Gasteiger partial charge in [0.2, 0.25) is 17.7 Å². The van der Waals surface area contributed by atoms with Crippen molar-refractivity contribution in [1.82, 2.24) is 21.3 Å². The molecule has 0 heterocycles. The smallest absolute Gasteiger partial charge is 0.243 e. The van der Waals surface area contributed by atoms with E-state index in [2.05, 4.69) is 21.3 Å². The maximum atomic E-state index is 12.4. The molecule has 160 valence electrons. The Hall–Kier alpha value is -2.22. The number of hydrogen-bond acceptors (Lipinski definition) is 5. The van der Waals surface area contributed by atoms with E-state index in [1.54, 1.807) is 26.8 Å². The van der Waals surface area contributed by atoms with Crippen molar-refractivity contribution >= 4 is 23.5 Å². The number of amides is 3. The molecule has 0 fully saturated rings. The number of rotatable bonds is 14. The van der Waals surface area contributed by atoms with Crippen LogP contribution in [0.5, 0.6) is 0 Å². The Balaban J connectivity index is 4.37. The monoisotopic (exact) mass is 396 g/mol. The highest BCUT2D eigenvalue weighted by Crippen LogP contribution is 2.08. The van der Waals surface area contributed by atoms with Crippen molar-refractivity contribution in [3.63, 3.8) is 0 Å². The molecule has 1 atom stereocenters. The molecule has 0 bridgehead atoms. The highest BCUT2D eigenvalue weighted by molar-refractivity contribution is 5.92. The number of hydrogen-bond donors (Lipinski definition) is 4. The summed E-state index contributed by atoms with van der Waals surface area (Å²) in [6.07, 6.45) is 5.00. The molecule has 0 unspecified atom stereocenters. The number of Topliss-reactive ketones (excluding diaryl/α,β-unsaturated/α-hetero) is 1. The fraction of sp³-hybridized carbons (Fsp3) is 0.700. The molecule has 0 aliphatic heterocycles. The molecule has 8 heteroatoms. The van der Waals surface area contributed by atoms with Gasteiger partial charge in [-0.1, -0.05) is 33.8 Å². The van der Waals surface area contributed by atoms with E-state index in [1.807, 2.05) is 13.8 Å². The molecule has 0 saturated heterocycles. The van der Waals surface area contributed by atoms with Crippen molar-refractivity contribution in [3.8, 4) is 0 Å². The Labute approximate surface area is 168 Å². The lowest BCUT2D eigenvalue weighted by molar-refractivity contribution is -0.130. The lowest BCUT2D eigenvalue weighted by Crippen LogP contribution is -2.48. The third-order valence-electron chi connectivity index (χ3n) is 3.90. The summed E-state index contributed by atoms with van der Waals surface area (Å²) in [6, 6.07) is -0.417. The zero-order valence-corrected chi connectivity index (χ0v) is 17.8. The van der Waals surface area contributed by atoms with Gasteiger partial charge < -0.3 is 21.3 Å². The van der Waals surface area contributed by atoms with Crippen molar-refractivity contribution in [3.05, 3.63) is 12.2 Å². The first-order chi connectivity index (χ1) is 13.2. The van der Waals surface area contributed by atoms with Crippen LogP contribution in [0.4, 0.5) is 0 Å². The van der Waals surface area contributed by atoms with Gasteiger partial charge in [0, 0.05) is 18.5 Å². The van der Waals surface area contributed by atoms with Crippen LogP contribution in [0.15, 0.2) is 12.2 Å². The van der Waals surface area contributed by atoms with Crippen LogP contribution < -0.4 is 21.3 Å². The first-order valence-corrected chi connectivity index (χ1v) is 9.91. The summed E-state index contributed by atoms with van der Waals surface area (Å²) in [7, 11) is 0. The highest BCUT2D eigenvalue weighted by atomic mass is 16.2. The van der Waals surface area contributed by atoms with Gasteiger partial charge in [-0.25, -0.2) is 0 Å². The lowest BCUT2D eigenvalue weighted by Gasteiger charge is -2.20. The zero-order valence-electron chi connectivity index (χ0n) is 17.8. The zero-order chi connectivity index (χ0) is 21.5. The Morgan fingerprint density at radius 1 is 0.893 bits per heavy atom. The quantitative estimate of drug-likeness (QED) is 0.254. The second kappa shape index (κ2) is 14.8. The van der Waals surface area contributed by atoms with Crippen LogP contribution in [0, 0.1) is 5.92 Å². The fourth-order valence-electron chi connectivity index (χ4n) is 2.37. The summed E-state index contributed by atoms with van der Waals surface area (Å²) < 4.78 is 0. The van der Waals surface area contributed by atoms with E-state index in [0.29, 0.717) is 25.8 Å². The maximum absolute atomic E-state index is 12.4. The van der Waals surface area contributed by atoms with Crippen molar-refractivity contribution in [1.29, 1.82) is 0 Å². The van der Waals surface area contributed by atoms with Crippen LogP contribution in [-0.4, -0.2) is 55.2 Å². The van der Waals surface area contributed by atoms with Crippen LogP contribution in [0.2, 0.25) is 0 Å². The predicted molar refractivity (Wildman–Crippen MR) is 110 cm³/mol. The summed E-state index contributed by atoms with van der Waals surface area (Å²) >= 11 is 0. The fourth-order valence-corrected chi connectivity index (χ4v) is 2.37. The summed E-state index contributed by atoms with van der Waals surface area (Å²) in [5.74, 6) is -1.05. The molecular weight excluding hydrogens is 360 g/mol. The largest absolute Gasteiger partial charge is 0.353 e. The Kier molecular flexibility index (Phi) is 13.6. The molecule has 0 radical (unpaired) electrons. The minimum atomic E-state index is -0.593. The van der Waals surface area contributed by atoms with Gasteiger partial charge in [-0.05, 0) is 32.3 Å². The van der Waals surface area contributed by atoms with Crippen LogP contribution in [0.25, 0.3) is 0 Å². The van der Waals surface area contributed by atoms with Crippen LogP contribution in [0.1, 0.15) is 53.9 Å². The van der Waals surface area contributed by atoms with Crippen molar-refractivity contribution in [2.24, 2.45) is 5.92 Å². The average Bonchev–Trinajstić information content (AvgIpc) is 2.62. The number of allylic oxidation sites excluding steroid dienone is 1. The van der Waals surface area contributed by atoms with Crippen LogP contribution >= 0.6 is 0 Å². The molecule has 0 aromatic carbocycles. The van der Waals surface area contributed by atoms with Gasteiger partial charge in [0.05, 0.1) is 19.1 Å². The molecule has 0 spiro atoms. The van der Waals surface area contributed by atoms with E-state index in [-0.39, 0.29) is 42.6 Å². The Morgan fingerprint density at radius 3 is 2.14 bits per heavy atom. The minimum absolute atomic E-state index is 0.0425. The predicted octanol–water partition coefficient (Wildman–Crippen LogP) is 0.673. The first-order valence-electron chi connectivity index (χ1n) is 9.91. The van der Waals surface area contributed by atoms with Gasteiger partial charge in [0.25, 0.3) is 0 Å². The number of carbonyl (C=O) groups excluding carboxylic acids is 4. The second-order valence-corrected chi connectivity index (χ2v) is 7.28. The van der Waals surface area contributed by atoms with E-state index in [0.717, 1.165) is 0 Å². The molecule has 3 amide bonds. The van der Waals surface area contributed by atoms with E-state index in [4.69, 9.17) is 0 Å². The normalized spacial score (nSPS) is 12.2. The van der Waals surface area contributed by atoms with E-state index in [9.17, 15) is 19.2 Å². The lowest BCUT2D eigenvalue weighted by atomic mass is 9.97. The maximum Gasteiger partial charge on any atom is 0.243 e. The summed E-state index contributed by atoms with van der Waals surface area (Å²) in [5.41, 5.74) is 0. The van der Waals surface area contributed by atoms with Crippen LogP contribution in [0.3, 0.4) is 0 Å². The first kappa shape index (κ1) is 25.8. The van der Waals surface area contributed by atoms with Gasteiger partial charge >= 0.3 is 0 Å². The van der Waals surface area contributed by atoms with Crippen molar-refractivity contribution < 1.29 is 19.2 Å². The molecule has 28 heavy (non-hydrogen) atoms. The second-order valence-electron chi connectivity index (χ2n) is 7.28. The van der Waals surface area contributed by atoms with E-state index in [1.165, 1.54) is 6.08 Å². The van der Waals surface area contributed by atoms with Gasteiger partial charge in [0.1, 0.15) is 0 Å². The molecule has 8 nitrogen and oxygen atoms in total. The minimum Gasteiger partial charge on any atom is -0.353 e. The standard InChI is InChI=1S/C20H36N4O4/c1-6-9-17(25)21-11-8-7-10-16(20(28)14(2)3)24-19(27)13-23-18(26)12-22-15(4)5/h6,9,14-16,22H,7-8,10-13H2,1-5H3,(H,21,25)(H,23,26)(H,24,27)/b9-6+/t16-/m0/s1. The topological polar surface area (TPSA) is 116 Å². The molecular formula is C20H36N4O4. The third-order valence-corrected chi connectivity index (χ3v) is 3.90. The summed E-state index contributed by atoms with van der Waals surface area (Å²) in [4.78, 5) is 47.5. The van der Waals surface area contributed by atoms with Crippen LogP contribution in [-0.2, 0) is 19.2 Å². The average molecular weight is 397 g/mol. The Morgan fingerprint density at radius 2 is 1.57 bits per heavy atom. The van der Waals surface area contributed by atoms with Gasteiger partial charge in [0.15, 0.2) is 5.78 Å². The van der Waals surface area contributed by atoms with Gasteiger partial charge in [-0.15, -0.1) is 0 Å². The molecule has 0 aliphatic rings. The molecule has 4 N–H and O–H groups in total. The number of nitrogens with one attached hydrogen (secondary N) is 4. The summed E-state index contributed by atoms with van der Waals surface area (Å²) in [5, 5.41) is 11.0. The molecule has 0 aromatic rings. The Bertz CT molecular complexity index is 544. The third kappa shape index (κ3) is 13.0. The van der Waals surface area contributed by atoms with E-state index < -0.39 is 11.9 Å². The van der Waals surface area contributed by atoms with E-state index >= 15 is 0 Å². The molecule has 0 saturated carbocycles.